The summed E-state index contributed by atoms with van der Waals surface area (Å²) < 4.78 is 5.79. The minimum Gasteiger partial charge on any atom is -0.371 e. The van der Waals surface area contributed by atoms with E-state index in [0.717, 1.165) is 30.6 Å². The minimum atomic E-state index is 0.0873. The average Bonchev–Trinajstić information content (AvgIpc) is 2.82. The van der Waals surface area contributed by atoms with Crippen molar-refractivity contribution in [2.75, 3.05) is 6.61 Å². The van der Waals surface area contributed by atoms with Crippen molar-refractivity contribution in [3.63, 3.8) is 0 Å². The quantitative estimate of drug-likeness (QED) is 0.559. The number of allylic oxidation sites excluding steroid dienone is 2. The van der Waals surface area contributed by atoms with Gasteiger partial charge in [0.05, 0.1) is 18.8 Å². The van der Waals surface area contributed by atoms with Crippen molar-refractivity contribution in [3.8, 4) is 0 Å². The van der Waals surface area contributed by atoms with E-state index >= 15 is 0 Å². The Morgan fingerprint density at radius 3 is 2.35 bits per heavy atom. The predicted octanol–water partition coefficient (Wildman–Crippen LogP) is 2.34. The number of hydrogen-bond acceptors (Lipinski definition) is 2. The lowest BCUT2D eigenvalue weighted by Crippen LogP contribution is -2.36. The van der Waals surface area contributed by atoms with Crippen molar-refractivity contribution in [2.24, 2.45) is 0 Å². The maximum Gasteiger partial charge on any atom is 0.247 e. The van der Waals surface area contributed by atoms with E-state index in [9.17, 15) is 4.79 Å². The van der Waals surface area contributed by atoms with Gasteiger partial charge in [0.1, 0.15) is 0 Å². The topological polar surface area (TPSA) is 38.3 Å². The zero-order valence-electron chi connectivity index (χ0n) is 11.1. The molecule has 3 heteroatoms. The predicted molar refractivity (Wildman–Crippen MR) is 67.7 cm³/mol. The minimum absolute atomic E-state index is 0.0873. The zero-order valence-corrected chi connectivity index (χ0v) is 11.1. The van der Waals surface area contributed by atoms with Crippen molar-refractivity contribution in [1.29, 1.82) is 0 Å². The molecule has 2 saturated heterocycles. The monoisotopic (exact) mass is 235 g/mol. The molecule has 2 aliphatic heterocycles. The molecule has 0 aromatic carbocycles. The van der Waals surface area contributed by atoms with Gasteiger partial charge in [-0.15, -0.1) is 0 Å². The molecule has 1 amide bonds. The largest absolute Gasteiger partial charge is 0.371 e. The lowest BCUT2D eigenvalue weighted by atomic mass is 9.99. The third-order valence-corrected chi connectivity index (χ3v) is 3.69. The first-order chi connectivity index (χ1) is 7.99. The summed E-state index contributed by atoms with van der Waals surface area (Å²) in [5.74, 6) is 0.0873. The molecule has 2 unspecified atom stereocenters. The summed E-state index contributed by atoms with van der Waals surface area (Å²) in [7, 11) is 0. The van der Waals surface area contributed by atoms with E-state index in [1.165, 1.54) is 11.1 Å². The lowest BCUT2D eigenvalue weighted by molar-refractivity contribution is -0.117. The molecule has 2 rings (SSSR count). The van der Waals surface area contributed by atoms with Gasteiger partial charge >= 0.3 is 0 Å². The third-order valence-electron chi connectivity index (χ3n) is 3.69. The summed E-state index contributed by atoms with van der Waals surface area (Å²) in [6.45, 7) is 8.96. The molecule has 17 heavy (non-hydrogen) atoms. The highest BCUT2D eigenvalue weighted by Gasteiger charge is 2.36. The number of amides is 1. The summed E-state index contributed by atoms with van der Waals surface area (Å²) in [6.07, 6.45) is 1.92. The van der Waals surface area contributed by atoms with Crippen LogP contribution in [0.5, 0.6) is 0 Å². The van der Waals surface area contributed by atoms with Crippen LogP contribution in [0.15, 0.2) is 22.3 Å². The van der Waals surface area contributed by atoms with Crippen LogP contribution >= 0.6 is 0 Å². The Balaban J connectivity index is 2.06. The van der Waals surface area contributed by atoms with Crippen LogP contribution in [-0.4, -0.2) is 24.7 Å². The van der Waals surface area contributed by atoms with Gasteiger partial charge < -0.3 is 10.1 Å². The van der Waals surface area contributed by atoms with Gasteiger partial charge in [0.25, 0.3) is 0 Å². The van der Waals surface area contributed by atoms with Crippen LogP contribution in [0.1, 0.15) is 40.5 Å². The van der Waals surface area contributed by atoms with E-state index < -0.39 is 0 Å². The Bertz CT molecular complexity index is 398. The summed E-state index contributed by atoms with van der Waals surface area (Å²) >= 11 is 0. The highest BCUT2D eigenvalue weighted by atomic mass is 16.5. The Kier molecular flexibility index (Phi) is 3.38. The molecule has 0 bridgehead atoms. The molecule has 0 aromatic heterocycles. The van der Waals surface area contributed by atoms with Crippen LogP contribution in [0.3, 0.4) is 0 Å². The van der Waals surface area contributed by atoms with Crippen molar-refractivity contribution < 1.29 is 9.53 Å². The number of ether oxygens (including phenoxy) is 1. The van der Waals surface area contributed by atoms with Crippen molar-refractivity contribution in [3.05, 3.63) is 22.3 Å². The molecule has 2 aliphatic rings. The number of carbonyl (C=O) groups excluding carboxylic acids is 1. The first-order valence-corrected chi connectivity index (χ1v) is 6.23. The molecule has 2 atom stereocenters. The lowest BCUT2D eigenvalue weighted by Gasteiger charge is -2.16. The summed E-state index contributed by atoms with van der Waals surface area (Å²) in [5, 5.41) is 3.04. The van der Waals surface area contributed by atoms with E-state index in [0.29, 0.717) is 0 Å². The molecule has 94 valence electrons. The highest BCUT2D eigenvalue weighted by Crippen LogP contribution is 2.29. The Morgan fingerprint density at radius 1 is 1.18 bits per heavy atom. The van der Waals surface area contributed by atoms with Gasteiger partial charge in [-0.3, -0.25) is 4.79 Å². The van der Waals surface area contributed by atoms with Gasteiger partial charge in [0.15, 0.2) is 0 Å². The van der Waals surface area contributed by atoms with Gasteiger partial charge in [-0.1, -0.05) is 11.1 Å². The molecule has 1 N–H and O–H groups in total. The fourth-order valence-electron chi connectivity index (χ4n) is 2.45. The second-order valence-corrected chi connectivity index (χ2v) is 5.42. The normalized spacial score (nSPS) is 28.6. The standard InChI is InChI=1S/C14H21NO2/c1-8(2)10-5-13(17-7-10)12-6-11(9(3)4)14(16)15-12/h12-13H,5-7H2,1-4H3,(H,15,16). The number of hydrogen-bond donors (Lipinski definition) is 1. The van der Waals surface area contributed by atoms with Crippen LogP contribution in [0.25, 0.3) is 0 Å². The molecule has 2 heterocycles. The van der Waals surface area contributed by atoms with Crippen LogP contribution in [0, 0.1) is 0 Å². The zero-order chi connectivity index (χ0) is 12.6. The smallest absolute Gasteiger partial charge is 0.247 e. The van der Waals surface area contributed by atoms with Crippen LogP contribution in [0.4, 0.5) is 0 Å². The van der Waals surface area contributed by atoms with E-state index in [4.69, 9.17) is 4.74 Å². The van der Waals surface area contributed by atoms with E-state index in [-0.39, 0.29) is 18.1 Å². The van der Waals surface area contributed by atoms with Crippen LogP contribution in [-0.2, 0) is 9.53 Å². The fourth-order valence-corrected chi connectivity index (χ4v) is 2.45. The molecule has 3 nitrogen and oxygen atoms in total. The number of nitrogens with one attached hydrogen (secondary N) is 1. The summed E-state index contributed by atoms with van der Waals surface area (Å²) in [6, 6.07) is 0.157. The van der Waals surface area contributed by atoms with E-state index in [2.05, 4.69) is 19.2 Å². The van der Waals surface area contributed by atoms with E-state index in [1.807, 2.05) is 13.8 Å². The molecular weight excluding hydrogens is 214 g/mol. The summed E-state index contributed by atoms with van der Waals surface area (Å²) in [5.41, 5.74) is 4.78. The van der Waals surface area contributed by atoms with E-state index in [1.54, 1.807) is 0 Å². The van der Waals surface area contributed by atoms with Crippen molar-refractivity contribution in [1.82, 2.24) is 5.32 Å². The molecule has 2 fully saturated rings. The first kappa shape index (κ1) is 12.4. The Morgan fingerprint density at radius 2 is 1.88 bits per heavy atom. The maximum absolute atomic E-state index is 11.8. The van der Waals surface area contributed by atoms with Crippen LogP contribution < -0.4 is 5.32 Å². The van der Waals surface area contributed by atoms with Gasteiger partial charge in [0, 0.05) is 12.0 Å². The van der Waals surface area contributed by atoms with Gasteiger partial charge in [-0.05, 0) is 39.7 Å². The molecule has 0 aromatic rings. The fraction of sp³-hybridized carbons (Fsp3) is 0.643. The molecule has 0 radical (unpaired) electrons. The Labute approximate surface area is 103 Å². The number of rotatable bonds is 1. The SMILES string of the molecule is CC(C)=C1COC(C2CC(=C(C)C)C(=O)N2)C1. The second kappa shape index (κ2) is 4.65. The molecule has 0 spiro atoms. The van der Waals surface area contributed by atoms with Crippen LogP contribution in [0.2, 0.25) is 0 Å². The van der Waals surface area contributed by atoms with Crippen molar-refractivity contribution in [2.45, 2.75) is 52.7 Å². The van der Waals surface area contributed by atoms with Gasteiger partial charge in [0.2, 0.25) is 5.91 Å². The Hall–Kier alpha value is -1.09. The molecular formula is C14H21NO2. The summed E-state index contributed by atoms with van der Waals surface area (Å²) in [4.78, 5) is 11.8. The third kappa shape index (κ3) is 2.44. The average molecular weight is 235 g/mol. The van der Waals surface area contributed by atoms with Gasteiger partial charge in [-0.25, -0.2) is 0 Å². The van der Waals surface area contributed by atoms with Crippen molar-refractivity contribution >= 4 is 5.91 Å². The molecule has 0 aliphatic carbocycles. The maximum atomic E-state index is 11.8. The second-order valence-electron chi connectivity index (χ2n) is 5.42. The highest BCUT2D eigenvalue weighted by molar-refractivity contribution is 5.96. The number of carbonyl (C=O) groups is 1. The molecule has 0 saturated carbocycles. The first-order valence-electron chi connectivity index (χ1n) is 6.23. The van der Waals surface area contributed by atoms with Gasteiger partial charge in [-0.2, -0.15) is 0 Å².